The van der Waals surface area contributed by atoms with Gasteiger partial charge in [-0.3, -0.25) is 4.99 Å². The Morgan fingerprint density at radius 3 is 2.59 bits per heavy atom. The van der Waals surface area contributed by atoms with Crippen LogP contribution in [0.25, 0.3) is 0 Å². The molecule has 1 saturated carbocycles. The number of hydrogen-bond donors (Lipinski definition) is 1. The van der Waals surface area contributed by atoms with Crippen LogP contribution in [0.1, 0.15) is 31.2 Å². The van der Waals surface area contributed by atoms with Gasteiger partial charge in [0, 0.05) is 38.7 Å². The summed E-state index contributed by atoms with van der Waals surface area (Å²) in [4.78, 5) is 6.76. The third kappa shape index (κ3) is 4.74. The second-order valence-corrected chi connectivity index (χ2v) is 7.59. The van der Waals surface area contributed by atoms with E-state index in [0.717, 1.165) is 57.9 Å². The molecule has 7 heteroatoms. The minimum Gasteiger partial charge on any atom is -0.375 e. The molecular formula is C20H29FIN3O2. The van der Waals surface area contributed by atoms with Crippen molar-refractivity contribution in [3.8, 4) is 0 Å². The highest BCUT2D eigenvalue weighted by Gasteiger charge is 2.44. The number of aliphatic imine (C=N–C) groups is 1. The number of ether oxygens (including phenoxy) is 2. The maximum atomic E-state index is 13.2. The topological polar surface area (TPSA) is 46.1 Å². The molecule has 0 spiro atoms. The molecule has 3 fully saturated rings. The van der Waals surface area contributed by atoms with E-state index in [-0.39, 0.29) is 47.4 Å². The number of rotatable bonds is 4. The lowest BCUT2D eigenvalue weighted by molar-refractivity contribution is -0.0817. The largest absolute Gasteiger partial charge is 0.375 e. The van der Waals surface area contributed by atoms with Crippen molar-refractivity contribution in [1.29, 1.82) is 0 Å². The number of benzene rings is 1. The van der Waals surface area contributed by atoms with Gasteiger partial charge in [-0.25, -0.2) is 4.39 Å². The average Bonchev–Trinajstić information content (AvgIpc) is 3.26. The zero-order valence-electron chi connectivity index (χ0n) is 15.8. The minimum absolute atomic E-state index is 0. The van der Waals surface area contributed by atoms with Crippen molar-refractivity contribution in [3.05, 3.63) is 35.6 Å². The highest BCUT2D eigenvalue weighted by atomic mass is 127. The van der Waals surface area contributed by atoms with Crippen LogP contribution in [-0.2, 0) is 14.9 Å². The molecule has 1 aliphatic carbocycles. The third-order valence-electron chi connectivity index (χ3n) is 5.88. The number of hydrogen-bond acceptors (Lipinski definition) is 3. The van der Waals surface area contributed by atoms with E-state index in [2.05, 4.69) is 15.2 Å². The third-order valence-corrected chi connectivity index (χ3v) is 5.88. The van der Waals surface area contributed by atoms with Crippen LogP contribution in [0, 0.1) is 5.82 Å². The average molecular weight is 489 g/mol. The van der Waals surface area contributed by atoms with Gasteiger partial charge in [0.15, 0.2) is 5.96 Å². The molecule has 1 aromatic carbocycles. The predicted octanol–water partition coefficient (Wildman–Crippen LogP) is 2.93. The fraction of sp³-hybridized carbons (Fsp3) is 0.650. The molecule has 150 valence electrons. The van der Waals surface area contributed by atoms with Gasteiger partial charge in [-0.15, -0.1) is 24.0 Å². The van der Waals surface area contributed by atoms with Crippen LogP contribution in [0.5, 0.6) is 0 Å². The Labute approximate surface area is 177 Å². The van der Waals surface area contributed by atoms with Gasteiger partial charge in [0.25, 0.3) is 0 Å². The predicted molar refractivity (Wildman–Crippen MR) is 114 cm³/mol. The Kier molecular flexibility index (Phi) is 6.97. The van der Waals surface area contributed by atoms with Crippen LogP contribution in [0.15, 0.2) is 29.3 Å². The summed E-state index contributed by atoms with van der Waals surface area (Å²) in [6.07, 6.45) is 4.80. The van der Waals surface area contributed by atoms with Gasteiger partial charge in [-0.1, -0.05) is 12.1 Å². The first-order valence-corrected chi connectivity index (χ1v) is 9.65. The summed E-state index contributed by atoms with van der Waals surface area (Å²) in [5.41, 5.74) is 1.32. The molecule has 0 bridgehead atoms. The molecule has 2 heterocycles. The van der Waals surface area contributed by atoms with Crippen molar-refractivity contribution in [3.63, 3.8) is 0 Å². The van der Waals surface area contributed by atoms with E-state index < -0.39 is 0 Å². The molecule has 2 aliphatic heterocycles. The van der Waals surface area contributed by atoms with Gasteiger partial charge in [-0.2, -0.15) is 0 Å². The molecule has 1 N–H and O–H groups in total. The van der Waals surface area contributed by atoms with Gasteiger partial charge >= 0.3 is 0 Å². The Morgan fingerprint density at radius 2 is 1.96 bits per heavy atom. The molecule has 2 saturated heterocycles. The summed E-state index contributed by atoms with van der Waals surface area (Å²) in [7, 11) is 1.83. The molecule has 27 heavy (non-hydrogen) atoms. The Hall–Kier alpha value is -0.930. The van der Waals surface area contributed by atoms with E-state index in [4.69, 9.17) is 9.47 Å². The van der Waals surface area contributed by atoms with Crippen LogP contribution in [-0.4, -0.2) is 63.0 Å². The lowest BCUT2D eigenvalue weighted by Crippen LogP contribution is -2.54. The summed E-state index contributed by atoms with van der Waals surface area (Å²) in [5, 5.41) is 3.55. The smallest absolute Gasteiger partial charge is 0.193 e. The van der Waals surface area contributed by atoms with Crippen molar-refractivity contribution < 1.29 is 13.9 Å². The SMILES string of the molecule is CN=C(NCC1(c2ccc(F)cc2)CC1)N1CCOC(C2CCCO2)C1.I. The van der Waals surface area contributed by atoms with Gasteiger partial charge < -0.3 is 19.7 Å². The zero-order valence-corrected chi connectivity index (χ0v) is 18.2. The first-order valence-electron chi connectivity index (χ1n) is 9.65. The number of halogens is 2. The van der Waals surface area contributed by atoms with Crippen LogP contribution in [0.2, 0.25) is 0 Å². The van der Waals surface area contributed by atoms with E-state index >= 15 is 0 Å². The molecule has 3 aliphatic rings. The number of morpholine rings is 1. The van der Waals surface area contributed by atoms with Gasteiger partial charge in [0.1, 0.15) is 11.9 Å². The summed E-state index contributed by atoms with van der Waals surface area (Å²) < 4.78 is 25.0. The maximum absolute atomic E-state index is 13.2. The van der Waals surface area contributed by atoms with Crippen LogP contribution in [0.4, 0.5) is 4.39 Å². The first kappa shape index (κ1) is 20.8. The molecular weight excluding hydrogens is 460 g/mol. The van der Waals surface area contributed by atoms with Crippen LogP contribution >= 0.6 is 24.0 Å². The second kappa shape index (κ2) is 9.05. The normalized spacial score (nSPS) is 27.2. The van der Waals surface area contributed by atoms with Gasteiger partial charge in [0.05, 0.1) is 12.7 Å². The van der Waals surface area contributed by atoms with Gasteiger partial charge in [-0.05, 0) is 43.4 Å². The fourth-order valence-electron chi connectivity index (χ4n) is 4.09. The monoisotopic (exact) mass is 489 g/mol. The molecule has 2 unspecified atom stereocenters. The highest BCUT2D eigenvalue weighted by Crippen LogP contribution is 2.47. The van der Waals surface area contributed by atoms with E-state index in [9.17, 15) is 4.39 Å². The number of nitrogens with zero attached hydrogens (tertiary/aromatic N) is 2. The standard InChI is InChI=1S/C20H28FN3O2.HI/c1-22-19(24-10-12-26-18(13-24)17-3-2-11-25-17)23-14-20(8-9-20)15-4-6-16(21)7-5-15;/h4-7,17-18H,2-3,8-14H2,1H3,(H,22,23);1H. The summed E-state index contributed by atoms with van der Waals surface area (Å²) in [6.45, 7) is 4.03. The Morgan fingerprint density at radius 1 is 1.22 bits per heavy atom. The Balaban J connectivity index is 0.00000210. The quantitative estimate of drug-likeness (QED) is 0.402. The number of nitrogens with one attached hydrogen (secondary N) is 1. The van der Waals surface area contributed by atoms with E-state index in [1.54, 1.807) is 12.1 Å². The summed E-state index contributed by atoms with van der Waals surface area (Å²) in [6, 6.07) is 6.93. The van der Waals surface area contributed by atoms with Gasteiger partial charge in [0.2, 0.25) is 0 Å². The molecule has 0 radical (unpaired) electrons. The van der Waals surface area contributed by atoms with Crippen LogP contribution in [0.3, 0.4) is 0 Å². The Bertz CT molecular complexity index is 645. The fourth-order valence-corrected chi connectivity index (χ4v) is 4.09. The van der Waals surface area contributed by atoms with Crippen molar-refractivity contribution in [2.75, 3.05) is 39.9 Å². The van der Waals surface area contributed by atoms with Crippen molar-refractivity contribution in [2.24, 2.45) is 4.99 Å². The molecule has 5 nitrogen and oxygen atoms in total. The minimum atomic E-state index is -0.179. The second-order valence-electron chi connectivity index (χ2n) is 7.59. The molecule has 0 aromatic heterocycles. The molecule has 4 rings (SSSR count). The lowest BCUT2D eigenvalue weighted by atomic mass is 9.96. The summed E-state index contributed by atoms with van der Waals surface area (Å²) >= 11 is 0. The first-order chi connectivity index (χ1) is 12.7. The van der Waals surface area contributed by atoms with Crippen molar-refractivity contribution in [2.45, 2.75) is 43.3 Å². The summed E-state index contributed by atoms with van der Waals surface area (Å²) in [5.74, 6) is 0.742. The van der Waals surface area contributed by atoms with Crippen LogP contribution < -0.4 is 5.32 Å². The highest BCUT2D eigenvalue weighted by molar-refractivity contribution is 14.0. The van der Waals surface area contributed by atoms with E-state index in [0.29, 0.717) is 6.61 Å². The van der Waals surface area contributed by atoms with Crippen molar-refractivity contribution >= 4 is 29.9 Å². The lowest BCUT2D eigenvalue weighted by Gasteiger charge is -2.37. The van der Waals surface area contributed by atoms with Crippen molar-refractivity contribution in [1.82, 2.24) is 10.2 Å². The molecule has 0 amide bonds. The maximum Gasteiger partial charge on any atom is 0.193 e. The van der Waals surface area contributed by atoms with E-state index in [1.807, 2.05) is 19.2 Å². The zero-order chi connectivity index (χ0) is 18.0. The molecule has 1 aromatic rings. The van der Waals surface area contributed by atoms with E-state index in [1.165, 1.54) is 5.56 Å². The molecule has 2 atom stereocenters. The number of guanidine groups is 1.